The summed E-state index contributed by atoms with van der Waals surface area (Å²) >= 11 is 0. The summed E-state index contributed by atoms with van der Waals surface area (Å²) in [5.74, 6) is -0.544. The Hall–Kier alpha value is -3.93. The van der Waals surface area contributed by atoms with Gasteiger partial charge in [0, 0.05) is 18.4 Å². The summed E-state index contributed by atoms with van der Waals surface area (Å²) in [4.78, 5) is 30.0. The number of benzene rings is 2. The molecule has 4 aromatic rings. The Labute approximate surface area is 174 Å². The number of carbonyl (C=O) groups excluding carboxylic acids is 2. The minimum Gasteiger partial charge on any atom is -0.347 e. The van der Waals surface area contributed by atoms with E-state index in [1.807, 2.05) is 68.4 Å². The molecule has 0 saturated heterocycles. The maximum Gasteiger partial charge on any atom is 0.292 e. The van der Waals surface area contributed by atoms with Crippen molar-refractivity contribution in [3.05, 3.63) is 101 Å². The van der Waals surface area contributed by atoms with Crippen LogP contribution < -0.4 is 10.6 Å². The third kappa shape index (κ3) is 4.07. The number of hydrogen-bond donors (Lipinski definition) is 2. The van der Waals surface area contributed by atoms with Crippen LogP contribution in [-0.4, -0.2) is 21.2 Å². The minimum absolute atomic E-state index is 0.159. The van der Waals surface area contributed by atoms with E-state index in [-0.39, 0.29) is 23.3 Å². The van der Waals surface area contributed by atoms with Crippen LogP contribution in [0.1, 0.15) is 37.8 Å². The zero-order chi connectivity index (χ0) is 21.1. The number of hydrogen-bond acceptors (Lipinski definition) is 3. The van der Waals surface area contributed by atoms with Gasteiger partial charge in [0.1, 0.15) is 0 Å². The molecule has 2 heterocycles. The van der Waals surface area contributed by atoms with Crippen molar-refractivity contribution in [2.45, 2.75) is 20.4 Å². The highest BCUT2D eigenvalue weighted by Gasteiger charge is 2.21. The Kier molecular flexibility index (Phi) is 5.30. The van der Waals surface area contributed by atoms with Gasteiger partial charge in [0.2, 0.25) is 5.82 Å². The molecular weight excluding hydrogens is 376 g/mol. The Balaban J connectivity index is 1.58. The van der Waals surface area contributed by atoms with Crippen molar-refractivity contribution in [2.24, 2.45) is 0 Å². The van der Waals surface area contributed by atoms with Gasteiger partial charge < -0.3 is 10.6 Å². The summed E-state index contributed by atoms with van der Waals surface area (Å²) in [5.41, 5.74) is 4.73. The van der Waals surface area contributed by atoms with Crippen molar-refractivity contribution >= 4 is 23.0 Å². The van der Waals surface area contributed by atoms with E-state index in [1.165, 1.54) is 0 Å². The fraction of sp³-hybridized carbons (Fsp3) is 0.125. The molecule has 0 spiro atoms. The average molecular weight is 398 g/mol. The lowest BCUT2D eigenvalue weighted by molar-refractivity contribution is 0.0948. The predicted molar refractivity (Wildman–Crippen MR) is 117 cm³/mol. The largest absolute Gasteiger partial charge is 0.347 e. The van der Waals surface area contributed by atoms with Gasteiger partial charge in [-0.05, 0) is 43.7 Å². The molecule has 2 aromatic carbocycles. The molecule has 0 radical (unpaired) electrons. The lowest BCUT2D eigenvalue weighted by Gasteiger charge is -2.04. The molecule has 0 aliphatic rings. The lowest BCUT2D eigenvalue weighted by atomic mass is 10.1. The number of pyridine rings is 1. The second kappa shape index (κ2) is 8.21. The fourth-order valence-corrected chi connectivity index (χ4v) is 3.16. The molecule has 0 aliphatic carbocycles. The van der Waals surface area contributed by atoms with E-state index in [1.54, 1.807) is 22.7 Å². The molecule has 2 N–H and O–H groups in total. The van der Waals surface area contributed by atoms with E-state index in [9.17, 15) is 9.59 Å². The van der Waals surface area contributed by atoms with Gasteiger partial charge in [-0.15, -0.1) is 0 Å². The highest BCUT2D eigenvalue weighted by atomic mass is 16.2. The number of rotatable bonds is 5. The highest BCUT2D eigenvalue weighted by Crippen LogP contribution is 2.16. The number of fused-ring (bicyclic) bond motifs is 1. The van der Waals surface area contributed by atoms with Crippen LogP contribution in [0.2, 0.25) is 0 Å². The van der Waals surface area contributed by atoms with Gasteiger partial charge >= 0.3 is 0 Å². The van der Waals surface area contributed by atoms with Crippen LogP contribution >= 0.6 is 0 Å². The zero-order valence-electron chi connectivity index (χ0n) is 16.8. The van der Waals surface area contributed by atoms with Crippen LogP contribution in [0, 0.1) is 13.8 Å². The maximum absolute atomic E-state index is 12.8. The molecule has 0 aliphatic heterocycles. The number of imidazole rings is 1. The molecule has 0 fully saturated rings. The summed E-state index contributed by atoms with van der Waals surface area (Å²) in [7, 11) is 0. The SMILES string of the molecule is Cc1ccc(CNC(=O)c2nc(C(=O)Nc3ccc(C)cc3)n3ccccc23)cc1. The first-order valence-corrected chi connectivity index (χ1v) is 9.70. The topological polar surface area (TPSA) is 75.5 Å². The van der Waals surface area contributed by atoms with Crippen LogP contribution in [0.5, 0.6) is 0 Å². The van der Waals surface area contributed by atoms with E-state index in [0.717, 1.165) is 16.7 Å². The molecular formula is C24H22N4O2. The first-order chi connectivity index (χ1) is 14.5. The second-order valence-corrected chi connectivity index (χ2v) is 7.23. The third-order valence-corrected chi connectivity index (χ3v) is 4.85. The molecule has 30 heavy (non-hydrogen) atoms. The van der Waals surface area contributed by atoms with Crippen LogP contribution in [-0.2, 0) is 6.54 Å². The van der Waals surface area contributed by atoms with Gasteiger partial charge in [0.25, 0.3) is 11.8 Å². The molecule has 2 aromatic heterocycles. The molecule has 0 saturated carbocycles. The highest BCUT2D eigenvalue weighted by molar-refractivity contribution is 6.06. The Morgan fingerprint density at radius 3 is 2.23 bits per heavy atom. The van der Waals surface area contributed by atoms with Crippen molar-refractivity contribution in [1.82, 2.24) is 14.7 Å². The van der Waals surface area contributed by atoms with E-state index in [2.05, 4.69) is 15.6 Å². The molecule has 6 heteroatoms. The number of amides is 2. The van der Waals surface area contributed by atoms with Crippen molar-refractivity contribution in [2.75, 3.05) is 5.32 Å². The van der Waals surface area contributed by atoms with E-state index in [0.29, 0.717) is 17.7 Å². The normalized spacial score (nSPS) is 10.7. The summed E-state index contributed by atoms with van der Waals surface area (Å²) in [6.45, 7) is 4.38. The van der Waals surface area contributed by atoms with Crippen molar-refractivity contribution in [3.8, 4) is 0 Å². The van der Waals surface area contributed by atoms with E-state index >= 15 is 0 Å². The summed E-state index contributed by atoms with van der Waals surface area (Å²) in [6.07, 6.45) is 1.73. The number of aryl methyl sites for hydroxylation is 2. The molecule has 4 rings (SSSR count). The van der Waals surface area contributed by atoms with Gasteiger partial charge in [0.15, 0.2) is 5.69 Å². The van der Waals surface area contributed by atoms with Crippen LogP contribution in [0.15, 0.2) is 72.9 Å². The van der Waals surface area contributed by atoms with Gasteiger partial charge in [-0.3, -0.25) is 14.0 Å². The van der Waals surface area contributed by atoms with Crippen LogP contribution in [0.4, 0.5) is 5.69 Å². The number of nitrogens with zero attached hydrogens (tertiary/aromatic N) is 2. The van der Waals surface area contributed by atoms with E-state index in [4.69, 9.17) is 0 Å². The standard InChI is InChI=1S/C24H22N4O2/c1-16-6-10-18(11-7-16)15-25-23(29)21-20-5-3-4-14-28(20)22(27-21)24(30)26-19-12-8-17(2)9-13-19/h3-14H,15H2,1-2H3,(H,25,29)(H,26,30). The third-order valence-electron chi connectivity index (χ3n) is 4.85. The van der Waals surface area contributed by atoms with Crippen LogP contribution in [0.25, 0.3) is 5.52 Å². The Bertz CT molecular complexity index is 1210. The molecule has 0 unspecified atom stereocenters. The summed E-state index contributed by atoms with van der Waals surface area (Å²) in [6, 6.07) is 20.8. The number of nitrogens with one attached hydrogen (secondary N) is 2. The van der Waals surface area contributed by atoms with Crippen LogP contribution in [0.3, 0.4) is 0 Å². The molecule has 2 amide bonds. The quantitative estimate of drug-likeness (QED) is 0.531. The zero-order valence-corrected chi connectivity index (χ0v) is 16.8. The predicted octanol–water partition coefficient (Wildman–Crippen LogP) is 4.13. The van der Waals surface area contributed by atoms with Gasteiger partial charge in [-0.1, -0.05) is 53.6 Å². The maximum atomic E-state index is 12.8. The van der Waals surface area contributed by atoms with Gasteiger partial charge in [-0.2, -0.15) is 0 Å². The number of carbonyl (C=O) groups is 2. The number of aromatic nitrogens is 2. The fourth-order valence-electron chi connectivity index (χ4n) is 3.16. The van der Waals surface area contributed by atoms with Crippen molar-refractivity contribution in [3.63, 3.8) is 0 Å². The first-order valence-electron chi connectivity index (χ1n) is 9.70. The van der Waals surface area contributed by atoms with E-state index < -0.39 is 0 Å². The molecule has 0 atom stereocenters. The monoisotopic (exact) mass is 398 g/mol. The first kappa shape index (κ1) is 19.4. The summed E-state index contributed by atoms with van der Waals surface area (Å²) < 4.78 is 1.63. The minimum atomic E-state index is -0.377. The Morgan fingerprint density at radius 2 is 1.53 bits per heavy atom. The molecule has 150 valence electrons. The van der Waals surface area contributed by atoms with Gasteiger partial charge in [-0.25, -0.2) is 4.98 Å². The lowest BCUT2D eigenvalue weighted by Crippen LogP contribution is -2.23. The number of anilines is 1. The second-order valence-electron chi connectivity index (χ2n) is 7.23. The molecule has 0 bridgehead atoms. The van der Waals surface area contributed by atoms with Crippen molar-refractivity contribution < 1.29 is 9.59 Å². The average Bonchev–Trinajstić information content (AvgIpc) is 3.15. The Morgan fingerprint density at radius 1 is 0.867 bits per heavy atom. The smallest absolute Gasteiger partial charge is 0.292 e. The summed E-state index contributed by atoms with van der Waals surface area (Å²) in [5, 5.41) is 5.73. The molecule has 6 nitrogen and oxygen atoms in total. The van der Waals surface area contributed by atoms with Crippen molar-refractivity contribution in [1.29, 1.82) is 0 Å². The van der Waals surface area contributed by atoms with Gasteiger partial charge in [0.05, 0.1) is 5.52 Å².